The molecule has 0 spiro atoms. The van der Waals surface area contributed by atoms with E-state index in [0.29, 0.717) is 6.54 Å². The molecule has 1 amide bonds. The van der Waals surface area contributed by atoms with Gasteiger partial charge in [0.2, 0.25) is 5.91 Å². The van der Waals surface area contributed by atoms with Crippen LogP contribution in [-0.2, 0) is 17.8 Å². The Labute approximate surface area is 107 Å². The van der Waals surface area contributed by atoms with E-state index in [0.717, 1.165) is 13.0 Å². The Kier molecular flexibility index (Phi) is 3.82. The Morgan fingerprint density at radius 3 is 2.94 bits per heavy atom. The fraction of sp³-hybridized carbons (Fsp3) is 0.267. The maximum absolute atomic E-state index is 10.9. The predicted molar refractivity (Wildman–Crippen MR) is 74.5 cm³/mol. The molecule has 1 heterocycles. The molecule has 1 aromatic carbocycles. The van der Waals surface area contributed by atoms with E-state index >= 15 is 0 Å². The van der Waals surface area contributed by atoms with Crippen LogP contribution in [0.4, 0.5) is 0 Å². The average Bonchev–Trinajstić information content (AvgIpc) is 2.69. The lowest BCUT2D eigenvalue weighted by Crippen LogP contribution is -2.22. The number of nitrogens with zero attached hydrogens (tertiary/aromatic N) is 1. The van der Waals surface area contributed by atoms with Crippen LogP contribution in [-0.4, -0.2) is 17.0 Å². The Morgan fingerprint density at radius 2 is 2.22 bits per heavy atom. The first-order chi connectivity index (χ1) is 8.72. The van der Waals surface area contributed by atoms with Crippen LogP contribution in [0.15, 0.2) is 43.1 Å². The number of rotatable bonds is 5. The monoisotopic (exact) mass is 242 g/mol. The number of carbonyl (C=O) groups is 1. The van der Waals surface area contributed by atoms with Gasteiger partial charge in [-0.15, -0.1) is 6.58 Å². The molecule has 0 saturated carbocycles. The van der Waals surface area contributed by atoms with Crippen molar-refractivity contribution in [2.45, 2.75) is 19.9 Å². The van der Waals surface area contributed by atoms with Crippen molar-refractivity contribution in [2.24, 2.45) is 0 Å². The minimum atomic E-state index is 0.0184. The van der Waals surface area contributed by atoms with Gasteiger partial charge in [0, 0.05) is 37.1 Å². The Bertz CT molecular complexity index is 569. The summed E-state index contributed by atoms with van der Waals surface area (Å²) in [6.45, 7) is 6.81. The predicted octanol–water partition coefficient (Wildman–Crippen LogP) is 2.51. The first-order valence-corrected chi connectivity index (χ1v) is 6.14. The molecule has 0 fully saturated rings. The number of carbonyl (C=O) groups excluding carboxylic acids is 1. The summed E-state index contributed by atoms with van der Waals surface area (Å²) in [7, 11) is 0. The molecule has 18 heavy (non-hydrogen) atoms. The molecule has 0 aliphatic rings. The van der Waals surface area contributed by atoms with Crippen molar-refractivity contribution < 1.29 is 4.79 Å². The van der Waals surface area contributed by atoms with Crippen molar-refractivity contribution in [1.82, 2.24) is 9.88 Å². The number of para-hydroxylation sites is 1. The zero-order chi connectivity index (χ0) is 13.0. The standard InChI is InChI=1S/C15H18N2O/c1-3-10-17-11-13(8-9-16-12(2)18)14-6-4-5-7-15(14)17/h3-7,11H,1,8-10H2,2H3,(H,16,18). The third kappa shape index (κ3) is 2.62. The molecule has 2 aromatic rings. The van der Waals surface area contributed by atoms with E-state index in [1.165, 1.54) is 16.5 Å². The highest BCUT2D eigenvalue weighted by Crippen LogP contribution is 2.21. The Morgan fingerprint density at radius 1 is 1.44 bits per heavy atom. The van der Waals surface area contributed by atoms with Gasteiger partial charge in [-0.05, 0) is 18.1 Å². The van der Waals surface area contributed by atoms with E-state index < -0.39 is 0 Å². The summed E-state index contributed by atoms with van der Waals surface area (Å²) in [5.74, 6) is 0.0184. The Balaban J connectivity index is 2.26. The number of nitrogens with one attached hydrogen (secondary N) is 1. The molecule has 0 aliphatic carbocycles. The van der Waals surface area contributed by atoms with E-state index in [9.17, 15) is 4.79 Å². The third-order valence-electron chi connectivity index (χ3n) is 2.97. The van der Waals surface area contributed by atoms with Crippen LogP contribution in [0.2, 0.25) is 0 Å². The summed E-state index contributed by atoms with van der Waals surface area (Å²) < 4.78 is 2.19. The minimum Gasteiger partial charge on any atom is -0.356 e. The lowest BCUT2D eigenvalue weighted by molar-refractivity contribution is -0.118. The molecule has 3 nitrogen and oxygen atoms in total. The van der Waals surface area contributed by atoms with E-state index in [1.54, 1.807) is 6.92 Å². The Hall–Kier alpha value is -2.03. The summed E-state index contributed by atoms with van der Waals surface area (Å²) >= 11 is 0. The second-order valence-electron chi connectivity index (χ2n) is 4.35. The number of hydrogen-bond acceptors (Lipinski definition) is 1. The van der Waals surface area contributed by atoms with Gasteiger partial charge in [0.1, 0.15) is 0 Å². The highest BCUT2D eigenvalue weighted by Gasteiger charge is 2.06. The number of amides is 1. The van der Waals surface area contributed by atoms with Gasteiger partial charge in [0.15, 0.2) is 0 Å². The minimum absolute atomic E-state index is 0.0184. The van der Waals surface area contributed by atoms with Gasteiger partial charge in [-0.1, -0.05) is 24.3 Å². The van der Waals surface area contributed by atoms with Crippen LogP contribution in [0.3, 0.4) is 0 Å². The zero-order valence-electron chi connectivity index (χ0n) is 10.6. The number of aromatic nitrogens is 1. The van der Waals surface area contributed by atoms with Crippen molar-refractivity contribution >= 4 is 16.8 Å². The number of benzene rings is 1. The molecule has 1 aromatic heterocycles. The number of allylic oxidation sites excluding steroid dienone is 1. The molecule has 0 atom stereocenters. The summed E-state index contributed by atoms with van der Waals surface area (Å²) in [4.78, 5) is 10.9. The second kappa shape index (κ2) is 5.54. The van der Waals surface area contributed by atoms with Crippen LogP contribution in [0.1, 0.15) is 12.5 Å². The van der Waals surface area contributed by atoms with Crippen LogP contribution in [0.25, 0.3) is 10.9 Å². The van der Waals surface area contributed by atoms with Crippen LogP contribution in [0, 0.1) is 0 Å². The summed E-state index contributed by atoms with van der Waals surface area (Å²) in [6.07, 6.45) is 4.89. The quantitative estimate of drug-likeness (QED) is 0.803. The number of hydrogen-bond donors (Lipinski definition) is 1. The molecule has 1 N–H and O–H groups in total. The first-order valence-electron chi connectivity index (χ1n) is 6.14. The van der Waals surface area contributed by atoms with Gasteiger partial charge < -0.3 is 9.88 Å². The van der Waals surface area contributed by atoms with Crippen molar-refractivity contribution in [3.63, 3.8) is 0 Å². The third-order valence-corrected chi connectivity index (χ3v) is 2.97. The van der Waals surface area contributed by atoms with Crippen LogP contribution in [0.5, 0.6) is 0 Å². The van der Waals surface area contributed by atoms with Crippen molar-refractivity contribution in [1.29, 1.82) is 0 Å². The molecular weight excluding hydrogens is 224 g/mol. The molecular formula is C15H18N2O. The first kappa shape index (κ1) is 12.4. The van der Waals surface area contributed by atoms with Crippen LogP contribution >= 0.6 is 0 Å². The van der Waals surface area contributed by atoms with E-state index in [4.69, 9.17) is 0 Å². The zero-order valence-corrected chi connectivity index (χ0v) is 10.6. The van der Waals surface area contributed by atoms with Crippen molar-refractivity contribution in [3.8, 4) is 0 Å². The molecule has 0 unspecified atom stereocenters. The van der Waals surface area contributed by atoms with Gasteiger partial charge in [0.25, 0.3) is 0 Å². The number of fused-ring (bicyclic) bond motifs is 1. The van der Waals surface area contributed by atoms with Crippen LogP contribution < -0.4 is 5.32 Å². The molecule has 2 rings (SSSR count). The highest BCUT2D eigenvalue weighted by molar-refractivity contribution is 5.84. The maximum atomic E-state index is 10.9. The second-order valence-corrected chi connectivity index (χ2v) is 4.35. The van der Waals surface area contributed by atoms with Gasteiger partial charge in [-0.25, -0.2) is 0 Å². The van der Waals surface area contributed by atoms with Gasteiger partial charge in [-0.3, -0.25) is 4.79 Å². The normalized spacial score (nSPS) is 10.5. The summed E-state index contributed by atoms with van der Waals surface area (Å²) in [6, 6.07) is 8.32. The highest BCUT2D eigenvalue weighted by atomic mass is 16.1. The SMILES string of the molecule is C=CCn1cc(CCNC(C)=O)c2ccccc21. The maximum Gasteiger partial charge on any atom is 0.216 e. The van der Waals surface area contributed by atoms with E-state index in [-0.39, 0.29) is 5.91 Å². The molecule has 0 aliphatic heterocycles. The van der Waals surface area contributed by atoms with E-state index in [1.807, 2.05) is 18.2 Å². The lowest BCUT2D eigenvalue weighted by Gasteiger charge is -2.00. The molecule has 94 valence electrons. The largest absolute Gasteiger partial charge is 0.356 e. The smallest absolute Gasteiger partial charge is 0.216 e. The molecule has 0 saturated heterocycles. The van der Waals surface area contributed by atoms with Crippen molar-refractivity contribution in [2.75, 3.05) is 6.54 Å². The fourth-order valence-electron chi connectivity index (χ4n) is 2.19. The molecule has 0 radical (unpaired) electrons. The average molecular weight is 242 g/mol. The molecule has 3 heteroatoms. The van der Waals surface area contributed by atoms with Gasteiger partial charge in [-0.2, -0.15) is 0 Å². The summed E-state index contributed by atoms with van der Waals surface area (Å²) in [5, 5.41) is 4.09. The van der Waals surface area contributed by atoms with Crippen molar-refractivity contribution in [3.05, 3.63) is 48.7 Å². The topological polar surface area (TPSA) is 34.0 Å². The van der Waals surface area contributed by atoms with E-state index in [2.05, 4.69) is 34.8 Å². The molecule has 0 bridgehead atoms. The van der Waals surface area contributed by atoms with Gasteiger partial charge >= 0.3 is 0 Å². The lowest BCUT2D eigenvalue weighted by atomic mass is 10.1. The fourth-order valence-corrected chi connectivity index (χ4v) is 2.19. The summed E-state index contributed by atoms with van der Waals surface area (Å²) in [5.41, 5.74) is 2.48. The van der Waals surface area contributed by atoms with Gasteiger partial charge in [0.05, 0.1) is 0 Å².